The second-order valence-corrected chi connectivity index (χ2v) is 5.22. The van der Waals surface area contributed by atoms with Gasteiger partial charge in [0.05, 0.1) is 11.1 Å². The van der Waals surface area contributed by atoms with E-state index in [2.05, 4.69) is 9.59 Å². The first-order valence-corrected chi connectivity index (χ1v) is 6.46. The number of carbonyl (C=O) groups is 1. The van der Waals surface area contributed by atoms with E-state index in [1.54, 1.807) is 0 Å². The normalized spacial score (nSPS) is 23.5. The van der Waals surface area contributed by atoms with Crippen LogP contribution >= 0.6 is 11.5 Å². The summed E-state index contributed by atoms with van der Waals surface area (Å²) in [6, 6.07) is 7.85. The highest BCUT2D eigenvalue weighted by Gasteiger charge is 2.41. The second kappa shape index (κ2) is 3.74. The Morgan fingerprint density at radius 1 is 1.35 bits per heavy atom. The molecular formula is C13H12N2OS. The van der Waals surface area contributed by atoms with Crippen molar-refractivity contribution in [3.05, 3.63) is 46.5 Å². The van der Waals surface area contributed by atoms with Crippen LogP contribution in [-0.2, 0) is 11.8 Å². The summed E-state index contributed by atoms with van der Waals surface area (Å²) in [7, 11) is 0. The van der Waals surface area contributed by atoms with Crippen molar-refractivity contribution < 1.29 is 4.79 Å². The third-order valence-electron chi connectivity index (χ3n) is 3.58. The first-order valence-electron chi connectivity index (χ1n) is 5.62. The smallest absolute Gasteiger partial charge is 0.175 e. The van der Waals surface area contributed by atoms with Crippen LogP contribution in [0.3, 0.4) is 0 Å². The monoisotopic (exact) mass is 244 g/mol. The molecule has 4 heteroatoms. The Kier molecular flexibility index (Phi) is 2.33. The van der Waals surface area contributed by atoms with Crippen LogP contribution in [0.2, 0.25) is 0 Å². The molecule has 0 amide bonds. The lowest BCUT2D eigenvalue weighted by atomic mass is 9.70. The van der Waals surface area contributed by atoms with Gasteiger partial charge in [0.15, 0.2) is 5.78 Å². The van der Waals surface area contributed by atoms with Crippen molar-refractivity contribution in [1.82, 2.24) is 9.59 Å². The predicted octanol–water partition coefficient (Wildman–Crippen LogP) is 2.62. The molecule has 3 nitrogen and oxygen atoms in total. The Morgan fingerprint density at radius 3 is 2.94 bits per heavy atom. The van der Waals surface area contributed by atoms with E-state index >= 15 is 0 Å². The number of aromatic nitrogens is 2. The maximum atomic E-state index is 12.6. The summed E-state index contributed by atoms with van der Waals surface area (Å²) in [4.78, 5) is 12.6. The summed E-state index contributed by atoms with van der Waals surface area (Å²) in [6.07, 6.45) is 1.74. The van der Waals surface area contributed by atoms with Gasteiger partial charge in [-0.15, -0.1) is 5.10 Å². The standard InChI is InChI=1S/C13H12N2OS/c1-13(11-8-17-15-14-11)7-6-9-4-2-3-5-10(9)12(13)16/h2-5,8H,6-7H2,1H3. The van der Waals surface area contributed by atoms with Crippen LogP contribution in [0.1, 0.15) is 35.0 Å². The second-order valence-electron chi connectivity index (χ2n) is 4.61. The van der Waals surface area contributed by atoms with Crippen LogP contribution < -0.4 is 0 Å². The maximum Gasteiger partial charge on any atom is 0.175 e. The number of nitrogens with zero attached hydrogens (tertiary/aromatic N) is 2. The van der Waals surface area contributed by atoms with Crippen molar-refractivity contribution in [1.29, 1.82) is 0 Å². The van der Waals surface area contributed by atoms with Gasteiger partial charge in [-0.1, -0.05) is 28.8 Å². The summed E-state index contributed by atoms with van der Waals surface area (Å²) in [5.41, 5.74) is 2.30. The van der Waals surface area contributed by atoms with Gasteiger partial charge in [0.1, 0.15) is 0 Å². The zero-order chi connectivity index (χ0) is 11.9. The van der Waals surface area contributed by atoms with Crippen molar-refractivity contribution >= 4 is 17.3 Å². The lowest BCUT2D eigenvalue weighted by Gasteiger charge is -2.31. The molecule has 1 atom stereocenters. The van der Waals surface area contributed by atoms with Crippen molar-refractivity contribution in [3.8, 4) is 0 Å². The number of fused-ring (bicyclic) bond motifs is 1. The fourth-order valence-corrected chi connectivity index (χ4v) is 2.99. The highest BCUT2D eigenvalue weighted by molar-refractivity contribution is 7.03. The SMILES string of the molecule is CC1(c2csnn2)CCc2ccccc2C1=O. The van der Waals surface area contributed by atoms with Crippen LogP contribution in [0, 0.1) is 0 Å². The van der Waals surface area contributed by atoms with Gasteiger partial charge in [0, 0.05) is 10.9 Å². The van der Waals surface area contributed by atoms with Gasteiger partial charge in [0.2, 0.25) is 0 Å². The van der Waals surface area contributed by atoms with E-state index in [0.717, 1.165) is 29.7 Å². The van der Waals surface area contributed by atoms with Crippen molar-refractivity contribution in [2.75, 3.05) is 0 Å². The topological polar surface area (TPSA) is 42.9 Å². The number of Topliss-reactive ketones (excluding diaryl/α,β-unsaturated/α-hetero) is 1. The molecule has 1 aliphatic rings. The number of ketones is 1. The van der Waals surface area contributed by atoms with E-state index < -0.39 is 5.41 Å². The Hall–Kier alpha value is -1.55. The average Bonchev–Trinajstić information content (AvgIpc) is 2.89. The molecule has 0 aliphatic heterocycles. The molecule has 0 N–H and O–H groups in total. The summed E-state index contributed by atoms with van der Waals surface area (Å²) in [5, 5.41) is 5.96. The fourth-order valence-electron chi connectivity index (χ4n) is 2.40. The van der Waals surface area contributed by atoms with Crippen molar-refractivity contribution in [2.45, 2.75) is 25.2 Å². The minimum atomic E-state index is -0.499. The number of rotatable bonds is 1. The van der Waals surface area contributed by atoms with Gasteiger partial charge < -0.3 is 0 Å². The Bertz CT molecular complexity index is 565. The number of aryl methyl sites for hydroxylation is 1. The highest BCUT2D eigenvalue weighted by atomic mass is 32.1. The van der Waals surface area contributed by atoms with Gasteiger partial charge >= 0.3 is 0 Å². The predicted molar refractivity (Wildman–Crippen MR) is 66.4 cm³/mol. The molecule has 1 aromatic carbocycles. The average molecular weight is 244 g/mol. The molecule has 0 saturated heterocycles. The van der Waals surface area contributed by atoms with Gasteiger partial charge in [-0.05, 0) is 36.9 Å². The summed E-state index contributed by atoms with van der Waals surface area (Å²) in [6.45, 7) is 1.97. The molecule has 0 spiro atoms. The van der Waals surface area contributed by atoms with E-state index in [4.69, 9.17) is 0 Å². The van der Waals surface area contributed by atoms with Crippen LogP contribution in [0.25, 0.3) is 0 Å². The van der Waals surface area contributed by atoms with E-state index in [1.807, 2.05) is 36.6 Å². The molecule has 0 fully saturated rings. The van der Waals surface area contributed by atoms with Gasteiger partial charge in [-0.2, -0.15) is 0 Å². The number of hydrogen-bond donors (Lipinski definition) is 0. The van der Waals surface area contributed by atoms with Crippen molar-refractivity contribution in [3.63, 3.8) is 0 Å². The molecule has 1 heterocycles. The molecular weight excluding hydrogens is 232 g/mol. The van der Waals surface area contributed by atoms with E-state index in [9.17, 15) is 4.79 Å². The Morgan fingerprint density at radius 2 is 2.18 bits per heavy atom. The number of benzene rings is 1. The zero-order valence-corrected chi connectivity index (χ0v) is 10.3. The molecule has 0 bridgehead atoms. The largest absolute Gasteiger partial charge is 0.293 e. The fraction of sp³-hybridized carbons (Fsp3) is 0.308. The van der Waals surface area contributed by atoms with E-state index in [1.165, 1.54) is 11.5 Å². The Balaban J connectivity index is 2.11. The quantitative estimate of drug-likeness (QED) is 0.774. The van der Waals surface area contributed by atoms with E-state index in [-0.39, 0.29) is 5.78 Å². The van der Waals surface area contributed by atoms with Crippen molar-refractivity contribution in [2.24, 2.45) is 0 Å². The van der Waals surface area contributed by atoms with Crippen LogP contribution in [0.4, 0.5) is 0 Å². The molecule has 2 aromatic rings. The molecule has 1 unspecified atom stereocenters. The zero-order valence-electron chi connectivity index (χ0n) is 9.51. The molecule has 0 radical (unpaired) electrons. The van der Waals surface area contributed by atoms with Gasteiger partial charge in [0.25, 0.3) is 0 Å². The first-order chi connectivity index (χ1) is 8.22. The molecule has 1 aliphatic carbocycles. The minimum absolute atomic E-state index is 0.173. The highest BCUT2D eigenvalue weighted by Crippen LogP contribution is 2.37. The van der Waals surface area contributed by atoms with E-state index in [0.29, 0.717) is 0 Å². The van der Waals surface area contributed by atoms with Crippen LogP contribution in [0.15, 0.2) is 29.6 Å². The van der Waals surface area contributed by atoms with Gasteiger partial charge in [-0.3, -0.25) is 4.79 Å². The minimum Gasteiger partial charge on any atom is -0.293 e. The number of hydrogen-bond acceptors (Lipinski definition) is 4. The first kappa shape index (κ1) is 10.6. The third-order valence-corrected chi connectivity index (χ3v) is 4.09. The summed E-state index contributed by atoms with van der Waals surface area (Å²) < 4.78 is 3.87. The molecule has 17 heavy (non-hydrogen) atoms. The lowest BCUT2D eigenvalue weighted by Crippen LogP contribution is -2.37. The lowest BCUT2D eigenvalue weighted by molar-refractivity contribution is 0.0872. The van der Waals surface area contributed by atoms with Gasteiger partial charge in [-0.25, -0.2) is 0 Å². The summed E-state index contributed by atoms with van der Waals surface area (Å²) >= 11 is 1.30. The van der Waals surface area contributed by atoms with Crippen LogP contribution in [0.5, 0.6) is 0 Å². The molecule has 3 rings (SSSR count). The third kappa shape index (κ3) is 1.52. The maximum absolute atomic E-state index is 12.6. The molecule has 1 aromatic heterocycles. The summed E-state index contributed by atoms with van der Waals surface area (Å²) in [5.74, 6) is 0.173. The molecule has 0 saturated carbocycles. The van der Waals surface area contributed by atoms with Crippen LogP contribution in [-0.4, -0.2) is 15.4 Å². The Labute approximate surface area is 104 Å². The molecule has 86 valence electrons. The number of carbonyl (C=O) groups excluding carboxylic acids is 1.